The van der Waals surface area contributed by atoms with Gasteiger partial charge in [0.05, 0.1) is 25.3 Å². The first-order valence-electron chi connectivity index (χ1n) is 7.58. The first-order chi connectivity index (χ1) is 11.5. The van der Waals surface area contributed by atoms with Gasteiger partial charge in [0.25, 0.3) is 0 Å². The van der Waals surface area contributed by atoms with Crippen LogP contribution in [0.2, 0.25) is 0 Å². The summed E-state index contributed by atoms with van der Waals surface area (Å²) in [6, 6.07) is 9.71. The van der Waals surface area contributed by atoms with Crippen LogP contribution < -0.4 is 0 Å². The monoisotopic (exact) mass is 327 g/mol. The quantitative estimate of drug-likeness (QED) is 0.382. The standard InChI is InChI=1S/C19H21NO4/c1-12-17(18(13(2)20-12)19(22)24-4)16(21)11-15(23-3)10-14-8-6-5-7-9-14/h5-9,11,20H,10H2,1-4H3/b15-11+. The largest absolute Gasteiger partial charge is 0.501 e. The van der Waals surface area contributed by atoms with Crippen molar-refractivity contribution in [3.63, 3.8) is 0 Å². The van der Waals surface area contributed by atoms with Crippen LogP contribution in [-0.2, 0) is 15.9 Å². The zero-order valence-corrected chi connectivity index (χ0v) is 14.3. The SMILES string of the molecule is COC(=O)c1c(C)[nH]c(C)c1C(=O)/C=C(\Cc1ccccc1)OC. The molecule has 0 aliphatic carbocycles. The average molecular weight is 327 g/mol. The lowest BCUT2D eigenvalue weighted by Gasteiger charge is -2.07. The van der Waals surface area contributed by atoms with Gasteiger partial charge in [0, 0.05) is 23.9 Å². The Hall–Kier alpha value is -2.82. The minimum absolute atomic E-state index is 0.270. The highest BCUT2D eigenvalue weighted by Crippen LogP contribution is 2.21. The molecule has 0 unspecified atom stereocenters. The summed E-state index contributed by atoms with van der Waals surface area (Å²) in [5.41, 5.74) is 2.87. The van der Waals surface area contributed by atoms with Crippen molar-refractivity contribution in [2.45, 2.75) is 20.3 Å². The second-order valence-corrected chi connectivity index (χ2v) is 5.46. The number of aryl methyl sites for hydroxylation is 2. The maximum Gasteiger partial charge on any atom is 0.340 e. The second-order valence-electron chi connectivity index (χ2n) is 5.46. The van der Waals surface area contributed by atoms with Crippen LogP contribution in [0.15, 0.2) is 42.2 Å². The average Bonchev–Trinajstić information content (AvgIpc) is 2.88. The van der Waals surface area contributed by atoms with Crippen LogP contribution >= 0.6 is 0 Å². The minimum Gasteiger partial charge on any atom is -0.501 e. The number of rotatable bonds is 6. The van der Waals surface area contributed by atoms with E-state index in [0.29, 0.717) is 29.1 Å². The summed E-state index contributed by atoms with van der Waals surface area (Å²) in [5.74, 6) is -0.291. The van der Waals surface area contributed by atoms with Crippen molar-refractivity contribution in [1.82, 2.24) is 4.98 Å². The van der Waals surface area contributed by atoms with Crippen LogP contribution in [0.3, 0.4) is 0 Å². The van der Waals surface area contributed by atoms with Gasteiger partial charge in [-0.1, -0.05) is 30.3 Å². The van der Waals surface area contributed by atoms with Crippen molar-refractivity contribution in [2.24, 2.45) is 0 Å². The molecule has 0 saturated carbocycles. The van der Waals surface area contributed by atoms with Crippen molar-refractivity contribution < 1.29 is 19.1 Å². The lowest BCUT2D eigenvalue weighted by Crippen LogP contribution is -2.10. The van der Waals surface area contributed by atoms with E-state index in [0.717, 1.165) is 5.56 Å². The highest BCUT2D eigenvalue weighted by molar-refractivity contribution is 6.13. The number of aromatic nitrogens is 1. The summed E-state index contributed by atoms with van der Waals surface area (Å²) < 4.78 is 10.1. The minimum atomic E-state index is -0.532. The Balaban J connectivity index is 2.35. The van der Waals surface area contributed by atoms with Gasteiger partial charge in [0.2, 0.25) is 0 Å². The van der Waals surface area contributed by atoms with Gasteiger partial charge in [-0.05, 0) is 19.4 Å². The molecular weight excluding hydrogens is 306 g/mol. The number of carbonyl (C=O) groups is 2. The van der Waals surface area contributed by atoms with Crippen molar-refractivity contribution in [3.8, 4) is 0 Å². The number of methoxy groups -OCH3 is 2. The summed E-state index contributed by atoms with van der Waals surface area (Å²) >= 11 is 0. The number of H-pyrrole nitrogens is 1. The topological polar surface area (TPSA) is 68.4 Å². The van der Waals surface area contributed by atoms with Crippen LogP contribution in [0.1, 0.15) is 37.7 Å². The molecule has 2 rings (SSSR count). The Labute approximate surface area is 141 Å². The predicted molar refractivity (Wildman–Crippen MR) is 91.2 cm³/mol. The third kappa shape index (κ3) is 3.74. The Morgan fingerprint density at radius 3 is 2.21 bits per heavy atom. The number of hydrogen-bond donors (Lipinski definition) is 1. The van der Waals surface area contributed by atoms with E-state index in [1.54, 1.807) is 13.8 Å². The molecule has 5 heteroatoms. The van der Waals surface area contributed by atoms with E-state index in [-0.39, 0.29) is 11.3 Å². The third-order valence-corrected chi connectivity index (χ3v) is 3.79. The number of hydrogen-bond acceptors (Lipinski definition) is 4. The number of allylic oxidation sites excluding steroid dienone is 2. The molecule has 0 aliphatic heterocycles. The molecule has 1 aromatic heterocycles. The summed E-state index contributed by atoms with van der Waals surface area (Å²) in [6.45, 7) is 3.49. The summed E-state index contributed by atoms with van der Waals surface area (Å²) in [5, 5.41) is 0. The smallest absolute Gasteiger partial charge is 0.340 e. The highest BCUT2D eigenvalue weighted by Gasteiger charge is 2.24. The van der Waals surface area contributed by atoms with Gasteiger partial charge < -0.3 is 14.5 Å². The Morgan fingerprint density at radius 1 is 1.00 bits per heavy atom. The van der Waals surface area contributed by atoms with E-state index in [9.17, 15) is 9.59 Å². The fraction of sp³-hybridized carbons (Fsp3) is 0.263. The first-order valence-corrected chi connectivity index (χ1v) is 7.58. The number of ether oxygens (including phenoxy) is 2. The van der Waals surface area contributed by atoms with Crippen molar-refractivity contribution in [1.29, 1.82) is 0 Å². The van der Waals surface area contributed by atoms with Crippen LogP contribution in [0.25, 0.3) is 0 Å². The van der Waals surface area contributed by atoms with Crippen molar-refractivity contribution in [3.05, 3.63) is 70.2 Å². The maximum absolute atomic E-state index is 12.7. The fourth-order valence-electron chi connectivity index (χ4n) is 2.64. The molecule has 1 heterocycles. The van der Waals surface area contributed by atoms with Crippen molar-refractivity contribution in [2.75, 3.05) is 14.2 Å². The number of esters is 1. The molecular formula is C19H21NO4. The van der Waals surface area contributed by atoms with Gasteiger partial charge in [0.1, 0.15) is 5.76 Å². The van der Waals surface area contributed by atoms with E-state index in [1.807, 2.05) is 30.3 Å². The molecule has 0 spiro atoms. The molecule has 0 bridgehead atoms. The van der Waals surface area contributed by atoms with Crippen molar-refractivity contribution >= 4 is 11.8 Å². The molecule has 0 fully saturated rings. The second kappa shape index (κ2) is 7.64. The van der Waals surface area contributed by atoms with Gasteiger partial charge in [0.15, 0.2) is 5.78 Å². The number of ketones is 1. The molecule has 5 nitrogen and oxygen atoms in total. The summed E-state index contributed by atoms with van der Waals surface area (Å²) in [7, 11) is 2.82. The Morgan fingerprint density at radius 2 is 1.62 bits per heavy atom. The maximum atomic E-state index is 12.7. The Bertz CT molecular complexity index is 772. The zero-order valence-electron chi connectivity index (χ0n) is 14.3. The fourth-order valence-corrected chi connectivity index (χ4v) is 2.64. The van der Waals surface area contributed by atoms with E-state index in [2.05, 4.69) is 4.98 Å². The van der Waals surface area contributed by atoms with Crippen LogP contribution in [0.4, 0.5) is 0 Å². The van der Waals surface area contributed by atoms with E-state index in [1.165, 1.54) is 20.3 Å². The molecule has 0 atom stereocenters. The number of benzene rings is 1. The molecule has 0 amide bonds. The lowest BCUT2D eigenvalue weighted by atomic mass is 10.0. The summed E-state index contributed by atoms with van der Waals surface area (Å²) in [6.07, 6.45) is 1.92. The van der Waals surface area contributed by atoms with Gasteiger partial charge in [-0.15, -0.1) is 0 Å². The highest BCUT2D eigenvalue weighted by atomic mass is 16.5. The molecule has 0 aliphatic rings. The van der Waals surface area contributed by atoms with Gasteiger partial charge in [-0.2, -0.15) is 0 Å². The van der Waals surface area contributed by atoms with E-state index < -0.39 is 5.97 Å². The molecule has 24 heavy (non-hydrogen) atoms. The van der Waals surface area contributed by atoms with Crippen LogP contribution in [-0.4, -0.2) is 31.0 Å². The lowest BCUT2D eigenvalue weighted by molar-refractivity contribution is 0.0597. The number of aromatic amines is 1. The first kappa shape index (κ1) is 17.5. The molecule has 2 aromatic rings. The normalized spacial score (nSPS) is 11.2. The zero-order chi connectivity index (χ0) is 17.7. The van der Waals surface area contributed by atoms with Gasteiger partial charge in [-0.25, -0.2) is 4.79 Å². The molecule has 1 N–H and O–H groups in total. The van der Waals surface area contributed by atoms with E-state index in [4.69, 9.17) is 9.47 Å². The molecule has 126 valence electrons. The van der Waals surface area contributed by atoms with Gasteiger partial charge >= 0.3 is 5.97 Å². The predicted octanol–water partition coefficient (Wildman–Crippen LogP) is 3.37. The Kier molecular flexibility index (Phi) is 5.58. The molecule has 0 radical (unpaired) electrons. The van der Waals surface area contributed by atoms with Gasteiger partial charge in [-0.3, -0.25) is 4.79 Å². The molecule has 1 aromatic carbocycles. The number of nitrogens with one attached hydrogen (secondary N) is 1. The van der Waals surface area contributed by atoms with Crippen LogP contribution in [0.5, 0.6) is 0 Å². The van der Waals surface area contributed by atoms with E-state index >= 15 is 0 Å². The number of carbonyl (C=O) groups excluding carboxylic acids is 2. The third-order valence-electron chi connectivity index (χ3n) is 3.79. The molecule has 0 saturated heterocycles. The summed E-state index contributed by atoms with van der Waals surface area (Å²) in [4.78, 5) is 27.7. The van der Waals surface area contributed by atoms with Crippen LogP contribution in [0, 0.1) is 13.8 Å².